The molecule has 0 aromatic carbocycles. The number of nitrogens with two attached hydrogens (primary N) is 1. The van der Waals surface area contributed by atoms with Crippen molar-refractivity contribution in [1.82, 2.24) is 15.4 Å². The van der Waals surface area contributed by atoms with Crippen LogP contribution in [0.2, 0.25) is 0 Å². The molecule has 3 N–H and O–H groups in total. The Morgan fingerprint density at radius 2 is 1.94 bits per heavy atom. The number of likely N-dealkylation sites (N-methyl/N-ethyl adjacent to an activating group) is 1. The molecule has 96 valence electrons. The van der Waals surface area contributed by atoms with Gasteiger partial charge in [-0.15, -0.1) is 0 Å². The lowest BCUT2D eigenvalue weighted by molar-refractivity contribution is -0.151. The maximum Gasteiger partial charge on any atom is 0.327 e. The Morgan fingerprint density at radius 1 is 1.25 bits per heavy atom. The summed E-state index contributed by atoms with van der Waals surface area (Å²) in [6.07, 6.45) is 1.44. The van der Waals surface area contributed by atoms with Crippen molar-refractivity contribution in [3.63, 3.8) is 0 Å². The van der Waals surface area contributed by atoms with Crippen molar-refractivity contribution in [2.75, 3.05) is 40.3 Å². The first-order valence-electron chi connectivity index (χ1n) is 5.62. The molecule has 6 nitrogen and oxygen atoms in total. The van der Waals surface area contributed by atoms with E-state index in [2.05, 4.69) is 21.6 Å². The van der Waals surface area contributed by atoms with E-state index in [4.69, 9.17) is 5.84 Å². The van der Waals surface area contributed by atoms with Crippen LogP contribution < -0.4 is 11.4 Å². The van der Waals surface area contributed by atoms with Crippen molar-refractivity contribution in [2.45, 2.75) is 19.8 Å². The average Bonchev–Trinajstić information content (AvgIpc) is 2.22. The monoisotopic (exact) mass is 232 g/mol. The summed E-state index contributed by atoms with van der Waals surface area (Å²) in [6.45, 7) is 5.79. The summed E-state index contributed by atoms with van der Waals surface area (Å²) < 4.78 is 0. The molecule has 0 spiro atoms. The van der Waals surface area contributed by atoms with Gasteiger partial charge >= 0.3 is 5.97 Å². The van der Waals surface area contributed by atoms with Gasteiger partial charge in [0.15, 0.2) is 0 Å². The molecule has 0 radical (unpaired) electrons. The summed E-state index contributed by atoms with van der Waals surface area (Å²) in [5, 5.41) is 0. The third-order valence-corrected chi connectivity index (χ3v) is 2.21. The summed E-state index contributed by atoms with van der Waals surface area (Å²) >= 11 is 0. The molecule has 0 saturated carbocycles. The van der Waals surface area contributed by atoms with Gasteiger partial charge in [-0.1, -0.05) is 12.5 Å². The number of rotatable bonds is 9. The molecule has 6 heteroatoms. The second kappa shape index (κ2) is 9.53. The third-order valence-electron chi connectivity index (χ3n) is 2.21. The highest BCUT2D eigenvalue weighted by Gasteiger charge is 2.08. The molecule has 0 unspecified atom stereocenters. The van der Waals surface area contributed by atoms with Crippen LogP contribution in [0.1, 0.15) is 19.8 Å². The van der Waals surface area contributed by atoms with Crippen LogP contribution in [-0.2, 0) is 9.63 Å². The minimum absolute atomic E-state index is 0.326. The highest BCUT2D eigenvalue weighted by Crippen LogP contribution is 1.96. The van der Waals surface area contributed by atoms with Gasteiger partial charge in [-0.05, 0) is 27.1 Å². The summed E-state index contributed by atoms with van der Waals surface area (Å²) in [5.41, 5.74) is 1.90. The Labute approximate surface area is 97.6 Å². The van der Waals surface area contributed by atoms with E-state index in [1.54, 1.807) is 0 Å². The largest absolute Gasteiger partial charge is 0.356 e. The van der Waals surface area contributed by atoms with E-state index >= 15 is 0 Å². The third kappa shape index (κ3) is 8.60. The van der Waals surface area contributed by atoms with Crippen LogP contribution in [0, 0.1) is 0 Å². The first-order chi connectivity index (χ1) is 7.60. The van der Waals surface area contributed by atoms with Crippen molar-refractivity contribution in [2.24, 2.45) is 5.84 Å². The highest BCUT2D eigenvalue weighted by atomic mass is 16.7. The molecule has 0 rings (SSSR count). The van der Waals surface area contributed by atoms with Gasteiger partial charge < -0.3 is 14.6 Å². The Balaban J connectivity index is 3.79. The number of nitrogens with zero attached hydrogens (tertiary/aromatic N) is 2. The van der Waals surface area contributed by atoms with E-state index in [9.17, 15) is 4.79 Å². The quantitative estimate of drug-likeness (QED) is 0.415. The van der Waals surface area contributed by atoms with Crippen molar-refractivity contribution >= 4 is 5.97 Å². The molecule has 0 saturated heterocycles. The van der Waals surface area contributed by atoms with Crippen LogP contribution >= 0.6 is 0 Å². The average molecular weight is 232 g/mol. The number of hydrazine groups is 1. The van der Waals surface area contributed by atoms with Crippen LogP contribution in [0.25, 0.3) is 0 Å². The molecule has 0 aliphatic carbocycles. The number of carbonyl (C=O) groups is 1. The highest BCUT2D eigenvalue weighted by molar-refractivity contribution is 5.69. The van der Waals surface area contributed by atoms with E-state index in [0.29, 0.717) is 13.0 Å². The predicted molar refractivity (Wildman–Crippen MR) is 63.3 cm³/mol. The summed E-state index contributed by atoms with van der Waals surface area (Å²) in [5.74, 6) is 4.55. The topological polar surface area (TPSA) is 70.8 Å². The van der Waals surface area contributed by atoms with E-state index in [-0.39, 0.29) is 5.97 Å². The van der Waals surface area contributed by atoms with Gasteiger partial charge in [0.1, 0.15) is 0 Å². The molecule has 0 heterocycles. The predicted octanol–water partition coefficient (Wildman–Crippen LogP) is -0.428. The maximum absolute atomic E-state index is 11.1. The zero-order valence-corrected chi connectivity index (χ0v) is 10.5. The standard InChI is InChI=1S/C10H24N4O2/c1-4-6-14(9-8-13(2)3)7-5-10(15)16-12-11/h12H,4-9,11H2,1-3H3. The smallest absolute Gasteiger partial charge is 0.327 e. The molecule has 0 fully saturated rings. The molecule has 0 amide bonds. The fourth-order valence-electron chi connectivity index (χ4n) is 1.36. The molecule has 0 atom stereocenters. The molecule has 0 aliphatic rings. The molecule has 16 heavy (non-hydrogen) atoms. The number of hydrogen-bond donors (Lipinski definition) is 2. The van der Waals surface area contributed by atoms with Crippen molar-refractivity contribution in [3.05, 3.63) is 0 Å². The second-order valence-corrected chi connectivity index (χ2v) is 3.99. The Hall–Kier alpha value is -0.690. The van der Waals surface area contributed by atoms with Crippen LogP contribution in [0.15, 0.2) is 0 Å². The second-order valence-electron chi connectivity index (χ2n) is 3.99. The van der Waals surface area contributed by atoms with Gasteiger partial charge in [-0.2, -0.15) is 0 Å². The Kier molecular flexibility index (Phi) is 9.12. The first-order valence-corrected chi connectivity index (χ1v) is 5.62. The fourth-order valence-corrected chi connectivity index (χ4v) is 1.36. The van der Waals surface area contributed by atoms with Crippen molar-refractivity contribution < 1.29 is 9.63 Å². The zero-order chi connectivity index (χ0) is 12.4. The molecular weight excluding hydrogens is 208 g/mol. The number of nitrogens with one attached hydrogen (secondary N) is 1. The Morgan fingerprint density at radius 3 is 2.44 bits per heavy atom. The molecular formula is C10H24N4O2. The van der Waals surface area contributed by atoms with E-state index in [1.165, 1.54) is 0 Å². The lowest BCUT2D eigenvalue weighted by Gasteiger charge is -2.22. The van der Waals surface area contributed by atoms with Crippen molar-refractivity contribution in [1.29, 1.82) is 0 Å². The minimum Gasteiger partial charge on any atom is -0.356 e. The molecule has 0 aliphatic heterocycles. The lowest BCUT2D eigenvalue weighted by atomic mass is 10.3. The van der Waals surface area contributed by atoms with Crippen LogP contribution in [-0.4, -0.2) is 56.0 Å². The van der Waals surface area contributed by atoms with Crippen LogP contribution in [0.3, 0.4) is 0 Å². The van der Waals surface area contributed by atoms with Crippen LogP contribution in [0.4, 0.5) is 0 Å². The Bertz CT molecular complexity index is 188. The van der Waals surface area contributed by atoms with Gasteiger partial charge in [-0.3, -0.25) is 4.79 Å². The normalized spacial score (nSPS) is 11.1. The lowest BCUT2D eigenvalue weighted by Crippen LogP contribution is -2.35. The summed E-state index contributed by atoms with van der Waals surface area (Å²) in [7, 11) is 4.08. The van der Waals surface area contributed by atoms with Crippen LogP contribution in [0.5, 0.6) is 0 Å². The minimum atomic E-state index is -0.326. The van der Waals surface area contributed by atoms with Gasteiger partial charge in [-0.25, -0.2) is 5.84 Å². The maximum atomic E-state index is 11.1. The summed E-state index contributed by atoms with van der Waals surface area (Å²) in [6, 6.07) is 0. The van der Waals surface area contributed by atoms with E-state index < -0.39 is 0 Å². The number of carbonyl (C=O) groups excluding carboxylic acids is 1. The first kappa shape index (κ1) is 15.3. The van der Waals surface area contributed by atoms with Gasteiger partial charge in [0.05, 0.1) is 6.42 Å². The molecule has 0 aromatic heterocycles. The van der Waals surface area contributed by atoms with E-state index in [1.807, 2.05) is 19.7 Å². The number of hydrogen-bond acceptors (Lipinski definition) is 6. The van der Waals surface area contributed by atoms with Gasteiger partial charge in [0, 0.05) is 19.6 Å². The SMILES string of the molecule is CCCN(CCC(=O)ONN)CCN(C)C. The molecule has 0 aromatic rings. The van der Waals surface area contributed by atoms with Gasteiger partial charge in [0.25, 0.3) is 0 Å². The van der Waals surface area contributed by atoms with E-state index in [0.717, 1.165) is 26.1 Å². The zero-order valence-electron chi connectivity index (χ0n) is 10.5. The van der Waals surface area contributed by atoms with Gasteiger partial charge in [0.2, 0.25) is 0 Å². The fraction of sp³-hybridized carbons (Fsp3) is 0.900. The van der Waals surface area contributed by atoms with Crippen molar-refractivity contribution in [3.8, 4) is 0 Å². The summed E-state index contributed by atoms with van der Waals surface area (Å²) in [4.78, 5) is 19.9. The molecule has 0 bridgehead atoms.